The van der Waals surface area contributed by atoms with Gasteiger partial charge in [0.15, 0.2) is 23.1 Å². The maximum Gasteiger partial charge on any atom is 0.165 e. The summed E-state index contributed by atoms with van der Waals surface area (Å²) in [5.74, 6) is 0.447. The second-order valence-electron chi connectivity index (χ2n) is 10.4. The van der Waals surface area contributed by atoms with Crippen LogP contribution in [0.15, 0.2) is 60.9 Å². The van der Waals surface area contributed by atoms with Gasteiger partial charge in [0.2, 0.25) is 0 Å². The predicted molar refractivity (Wildman–Crippen MR) is 168 cm³/mol. The van der Waals surface area contributed by atoms with E-state index in [2.05, 4.69) is 14.9 Å². The zero-order valence-electron chi connectivity index (χ0n) is 24.6. The minimum absolute atomic E-state index is 0.0788. The summed E-state index contributed by atoms with van der Waals surface area (Å²) in [5, 5.41) is 0.307. The standard InChI is InChI=1S/C18H22FN3O2.C14H14ClFN2O/c1-12(2)24-17-4-3-13(9-15(17)19)14-11-21-18(10-16(14)20)22-5-7-23-8-6-22;1-8(2)19-13-4-3-9(5-11(13)16)10-7-18-14(15)6-12(10)17/h3-4,9-12H,5-8H2,1-2H3,(H2,20,21);3-8H,1-2H3,(H2,17,18). The average Bonchev–Trinajstić information content (AvgIpc) is 2.96. The number of rotatable bonds is 7. The summed E-state index contributed by atoms with van der Waals surface area (Å²) < 4.78 is 44.2. The Balaban J connectivity index is 0.000000203. The van der Waals surface area contributed by atoms with Gasteiger partial charge in [0.1, 0.15) is 11.0 Å². The summed E-state index contributed by atoms with van der Waals surface area (Å²) in [5.41, 5.74) is 15.7. The molecule has 1 aliphatic rings. The number of halogens is 3. The van der Waals surface area contributed by atoms with Gasteiger partial charge in [-0.2, -0.15) is 0 Å². The molecule has 2 aromatic carbocycles. The van der Waals surface area contributed by atoms with Gasteiger partial charge in [0.25, 0.3) is 0 Å². The van der Waals surface area contributed by atoms with Crippen molar-refractivity contribution in [2.75, 3.05) is 42.7 Å². The lowest BCUT2D eigenvalue weighted by atomic mass is 10.1. The van der Waals surface area contributed by atoms with E-state index in [4.69, 9.17) is 37.3 Å². The Bertz CT molecular complexity index is 1550. The molecule has 43 heavy (non-hydrogen) atoms. The van der Waals surface area contributed by atoms with Crippen LogP contribution in [0.25, 0.3) is 22.3 Å². The fourth-order valence-corrected chi connectivity index (χ4v) is 4.55. The third kappa shape index (κ3) is 8.46. The van der Waals surface area contributed by atoms with Crippen molar-refractivity contribution in [3.05, 3.63) is 77.7 Å². The molecule has 4 aromatic rings. The molecule has 1 saturated heterocycles. The van der Waals surface area contributed by atoms with Crippen LogP contribution in [0, 0.1) is 11.6 Å². The fourth-order valence-electron chi connectivity index (χ4n) is 4.39. The van der Waals surface area contributed by atoms with Crippen LogP contribution in [0.4, 0.5) is 26.0 Å². The number of ether oxygens (including phenoxy) is 3. The Morgan fingerprint density at radius 3 is 1.70 bits per heavy atom. The molecule has 5 rings (SSSR count). The van der Waals surface area contributed by atoms with Gasteiger partial charge in [0, 0.05) is 54.1 Å². The molecule has 3 heterocycles. The Morgan fingerprint density at radius 2 is 1.26 bits per heavy atom. The molecule has 228 valence electrons. The summed E-state index contributed by atoms with van der Waals surface area (Å²) in [6.45, 7) is 10.4. The average molecular weight is 612 g/mol. The number of nitrogens with two attached hydrogens (primary N) is 2. The number of morpholine rings is 1. The third-order valence-corrected chi connectivity index (χ3v) is 6.58. The van der Waals surface area contributed by atoms with Crippen LogP contribution in [0.2, 0.25) is 5.15 Å². The Morgan fingerprint density at radius 1 is 0.767 bits per heavy atom. The summed E-state index contributed by atoms with van der Waals surface area (Å²) >= 11 is 5.73. The highest BCUT2D eigenvalue weighted by atomic mass is 35.5. The van der Waals surface area contributed by atoms with Crippen LogP contribution in [0.5, 0.6) is 11.5 Å². The van der Waals surface area contributed by atoms with E-state index < -0.39 is 11.6 Å². The van der Waals surface area contributed by atoms with E-state index >= 15 is 0 Å². The molecule has 0 amide bonds. The molecule has 0 aliphatic carbocycles. The molecule has 0 radical (unpaired) electrons. The maximum absolute atomic E-state index is 14.2. The number of nitrogen functional groups attached to an aromatic ring is 2. The van der Waals surface area contributed by atoms with Crippen LogP contribution in [-0.2, 0) is 4.74 Å². The molecule has 8 nitrogen and oxygen atoms in total. The second kappa shape index (κ2) is 14.3. The highest BCUT2D eigenvalue weighted by Crippen LogP contribution is 2.32. The van der Waals surface area contributed by atoms with E-state index in [-0.39, 0.29) is 23.7 Å². The molecular weight excluding hydrogens is 576 g/mol. The Hall–Kier alpha value is -4.15. The zero-order chi connectivity index (χ0) is 31.1. The Labute approximate surface area is 255 Å². The molecule has 4 N–H and O–H groups in total. The van der Waals surface area contributed by atoms with E-state index in [1.54, 1.807) is 30.5 Å². The van der Waals surface area contributed by atoms with Crippen molar-refractivity contribution in [3.8, 4) is 33.8 Å². The largest absolute Gasteiger partial charge is 0.488 e. The van der Waals surface area contributed by atoms with Crippen molar-refractivity contribution in [2.45, 2.75) is 39.9 Å². The lowest BCUT2D eigenvalue weighted by Gasteiger charge is -2.28. The minimum atomic E-state index is -0.430. The molecule has 11 heteroatoms. The number of aromatic nitrogens is 2. The number of pyridine rings is 2. The molecule has 2 aromatic heterocycles. The van der Waals surface area contributed by atoms with Crippen LogP contribution in [-0.4, -0.2) is 48.5 Å². The molecule has 0 bridgehead atoms. The highest BCUT2D eigenvalue weighted by Gasteiger charge is 2.16. The molecule has 0 saturated carbocycles. The fraction of sp³-hybridized carbons (Fsp3) is 0.312. The van der Waals surface area contributed by atoms with Crippen molar-refractivity contribution in [1.82, 2.24) is 9.97 Å². The topological polar surface area (TPSA) is 109 Å². The van der Waals surface area contributed by atoms with Gasteiger partial charge < -0.3 is 30.6 Å². The Kier molecular flexibility index (Phi) is 10.6. The van der Waals surface area contributed by atoms with Crippen LogP contribution >= 0.6 is 11.6 Å². The number of nitrogens with zero attached hydrogens (tertiary/aromatic N) is 3. The SMILES string of the molecule is CC(C)Oc1ccc(-c2cnc(Cl)cc2N)cc1F.CC(C)Oc1ccc(-c2cnc(N3CCOCC3)cc2N)cc1F. The molecule has 1 aliphatic heterocycles. The van der Waals surface area contributed by atoms with Crippen molar-refractivity contribution in [2.24, 2.45) is 0 Å². The predicted octanol–water partition coefficient (Wildman–Crippen LogP) is 7.00. The number of hydrogen-bond donors (Lipinski definition) is 2. The van der Waals surface area contributed by atoms with Gasteiger partial charge in [0.05, 0.1) is 25.4 Å². The van der Waals surface area contributed by atoms with Gasteiger partial charge in [-0.3, -0.25) is 0 Å². The first kappa shape index (κ1) is 31.8. The van der Waals surface area contributed by atoms with E-state index in [1.807, 2.05) is 33.8 Å². The molecule has 0 unspecified atom stereocenters. The lowest BCUT2D eigenvalue weighted by molar-refractivity contribution is 0.122. The first-order valence-corrected chi connectivity index (χ1v) is 14.3. The minimum Gasteiger partial charge on any atom is -0.488 e. The second-order valence-corrected chi connectivity index (χ2v) is 10.8. The van der Waals surface area contributed by atoms with Crippen molar-refractivity contribution in [1.29, 1.82) is 0 Å². The van der Waals surface area contributed by atoms with Gasteiger partial charge >= 0.3 is 0 Å². The molecule has 0 atom stereocenters. The summed E-state index contributed by atoms with van der Waals surface area (Å²) in [4.78, 5) is 10.6. The maximum atomic E-state index is 14.2. The molecule has 0 spiro atoms. The van der Waals surface area contributed by atoms with Crippen LogP contribution in [0.1, 0.15) is 27.7 Å². The normalized spacial score (nSPS) is 13.1. The third-order valence-electron chi connectivity index (χ3n) is 6.37. The van der Waals surface area contributed by atoms with Gasteiger partial charge in [-0.15, -0.1) is 0 Å². The number of benzene rings is 2. The summed E-state index contributed by atoms with van der Waals surface area (Å²) in [6, 6.07) is 12.9. The molecular formula is C32H36ClF2N5O3. The number of hydrogen-bond acceptors (Lipinski definition) is 8. The first-order valence-electron chi connectivity index (χ1n) is 13.9. The van der Waals surface area contributed by atoms with Gasteiger partial charge in [-0.25, -0.2) is 18.7 Å². The van der Waals surface area contributed by atoms with Crippen molar-refractivity contribution >= 4 is 28.8 Å². The van der Waals surface area contributed by atoms with E-state index in [9.17, 15) is 8.78 Å². The zero-order valence-corrected chi connectivity index (χ0v) is 25.4. The monoisotopic (exact) mass is 611 g/mol. The van der Waals surface area contributed by atoms with Gasteiger partial charge in [-0.05, 0) is 69.2 Å². The van der Waals surface area contributed by atoms with Gasteiger partial charge in [-0.1, -0.05) is 23.7 Å². The quantitative estimate of drug-likeness (QED) is 0.215. The molecule has 1 fully saturated rings. The van der Waals surface area contributed by atoms with Crippen LogP contribution < -0.4 is 25.8 Å². The lowest BCUT2D eigenvalue weighted by Crippen LogP contribution is -2.36. The summed E-state index contributed by atoms with van der Waals surface area (Å²) in [6.07, 6.45) is 3.06. The first-order chi connectivity index (χ1) is 20.5. The number of anilines is 3. The van der Waals surface area contributed by atoms with Crippen LogP contribution in [0.3, 0.4) is 0 Å². The van der Waals surface area contributed by atoms with Crippen molar-refractivity contribution < 1.29 is 23.0 Å². The van der Waals surface area contributed by atoms with E-state index in [1.165, 1.54) is 24.4 Å². The highest BCUT2D eigenvalue weighted by molar-refractivity contribution is 6.29. The smallest absolute Gasteiger partial charge is 0.165 e. The summed E-state index contributed by atoms with van der Waals surface area (Å²) in [7, 11) is 0. The van der Waals surface area contributed by atoms with E-state index in [0.29, 0.717) is 52.0 Å². The van der Waals surface area contributed by atoms with E-state index in [0.717, 1.165) is 18.9 Å². The van der Waals surface area contributed by atoms with Crippen molar-refractivity contribution in [3.63, 3.8) is 0 Å².